The molecule has 0 radical (unpaired) electrons. The van der Waals surface area contributed by atoms with Gasteiger partial charge in [-0.15, -0.1) is 0 Å². The zero-order chi connectivity index (χ0) is 26.8. The number of amides is 1. The Bertz CT molecular complexity index is 1380. The molecule has 4 aliphatic rings. The predicted octanol–water partition coefficient (Wildman–Crippen LogP) is 5.49. The number of allylic oxidation sites excluding steroid dienone is 3. The van der Waals surface area contributed by atoms with Crippen LogP contribution in [0.25, 0.3) is 11.3 Å². The first-order valence-corrected chi connectivity index (χ1v) is 13.7. The van der Waals surface area contributed by atoms with Gasteiger partial charge in [0, 0.05) is 49.5 Å². The predicted molar refractivity (Wildman–Crippen MR) is 144 cm³/mol. The van der Waals surface area contributed by atoms with Crippen LogP contribution >= 0.6 is 0 Å². The van der Waals surface area contributed by atoms with Crippen LogP contribution in [-0.2, 0) is 11.2 Å². The molecule has 3 heterocycles. The van der Waals surface area contributed by atoms with Gasteiger partial charge in [-0.2, -0.15) is 0 Å². The van der Waals surface area contributed by atoms with E-state index in [1.165, 1.54) is 0 Å². The van der Waals surface area contributed by atoms with Crippen LogP contribution in [0.5, 0.6) is 11.5 Å². The first kappa shape index (κ1) is 25.0. The summed E-state index contributed by atoms with van der Waals surface area (Å²) in [5.41, 5.74) is 12.0. The summed E-state index contributed by atoms with van der Waals surface area (Å²) in [6.45, 7) is 8.71. The van der Waals surface area contributed by atoms with Gasteiger partial charge in [-0.3, -0.25) is 9.59 Å². The highest BCUT2D eigenvalue weighted by Crippen LogP contribution is 2.55. The number of benzene rings is 1. The quantitative estimate of drug-likeness (QED) is 0.577. The Morgan fingerprint density at radius 3 is 2.47 bits per heavy atom. The van der Waals surface area contributed by atoms with Gasteiger partial charge in [0.05, 0.1) is 17.4 Å². The fourth-order valence-electron chi connectivity index (χ4n) is 6.71. The summed E-state index contributed by atoms with van der Waals surface area (Å²) in [6, 6.07) is 3.98. The summed E-state index contributed by atoms with van der Waals surface area (Å²) >= 11 is 0. The van der Waals surface area contributed by atoms with Crippen molar-refractivity contribution in [2.45, 2.75) is 78.0 Å². The molecule has 0 unspecified atom stereocenters. The number of hydrogen-bond acceptors (Lipinski definition) is 6. The van der Waals surface area contributed by atoms with E-state index in [4.69, 9.17) is 19.6 Å². The van der Waals surface area contributed by atoms with Gasteiger partial charge in [-0.1, -0.05) is 11.6 Å². The Kier molecular flexibility index (Phi) is 6.02. The molecule has 7 heteroatoms. The molecule has 1 atom stereocenters. The maximum atomic E-state index is 14.0. The van der Waals surface area contributed by atoms with Gasteiger partial charge < -0.3 is 24.5 Å². The number of ether oxygens (including phenoxy) is 2. The van der Waals surface area contributed by atoms with E-state index < -0.39 is 5.79 Å². The molecular formula is C31H36N2O5. The van der Waals surface area contributed by atoms with Crippen molar-refractivity contribution in [3.8, 4) is 22.8 Å². The van der Waals surface area contributed by atoms with E-state index in [0.717, 1.165) is 59.1 Å². The Morgan fingerprint density at radius 1 is 1.05 bits per heavy atom. The number of furan rings is 1. The van der Waals surface area contributed by atoms with Gasteiger partial charge in [0.1, 0.15) is 5.76 Å². The van der Waals surface area contributed by atoms with Gasteiger partial charge in [-0.25, -0.2) is 0 Å². The lowest BCUT2D eigenvalue weighted by Gasteiger charge is -2.36. The number of rotatable bonds is 4. The van der Waals surface area contributed by atoms with Crippen LogP contribution in [0.4, 0.5) is 0 Å². The first-order valence-electron chi connectivity index (χ1n) is 13.7. The standard InChI is InChI=1S/C31H36N2O5/c1-17-14-18(2)23(24(34)15-17)16-33-12-11-22-26(30(33)35)19(3)28-29(27(22)25-6-5-13-36-25)38-31(4,37-28)20-7-9-21(32)10-8-20/h5-6,13-14,20-21H,7-12,15-16,32H2,1-4H3/t20?,21?,31-/m1/s1. The maximum absolute atomic E-state index is 14.0. The molecular weight excluding hydrogens is 480 g/mol. The number of Topliss-reactive ketones (excluding diaryl/α,β-unsaturated/α-hetero) is 1. The highest BCUT2D eigenvalue weighted by atomic mass is 16.7. The van der Waals surface area contributed by atoms with Crippen molar-refractivity contribution < 1.29 is 23.5 Å². The van der Waals surface area contributed by atoms with Crippen molar-refractivity contribution in [1.29, 1.82) is 0 Å². The zero-order valence-corrected chi connectivity index (χ0v) is 22.7. The van der Waals surface area contributed by atoms with Crippen molar-refractivity contribution in [3.63, 3.8) is 0 Å². The second-order valence-electron chi connectivity index (χ2n) is 11.5. The number of carbonyl (C=O) groups is 2. The lowest BCUT2D eigenvalue weighted by Crippen LogP contribution is -2.46. The van der Waals surface area contributed by atoms with Crippen LogP contribution in [-0.4, -0.2) is 41.5 Å². The average Bonchev–Trinajstić information content (AvgIpc) is 3.52. The van der Waals surface area contributed by atoms with Crippen LogP contribution in [0.1, 0.15) is 74.4 Å². The Labute approximate surface area is 223 Å². The Morgan fingerprint density at radius 2 is 1.79 bits per heavy atom. The van der Waals surface area contributed by atoms with Crippen LogP contribution in [0.3, 0.4) is 0 Å². The largest absolute Gasteiger partial charge is 0.464 e. The first-order chi connectivity index (χ1) is 18.2. The summed E-state index contributed by atoms with van der Waals surface area (Å²) in [5.74, 6) is 1.33. The molecule has 1 aromatic heterocycles. The lowest BCUT2D eigenvalue weighted by atomic mass is 9.81. The van der Waals surface area contributed by atoms with E-state index in [9.17, 15) is 9.59 Å². The van der Waals surface area contributed by atoms with E-state index >= 15 is 0 Å². The maximum Gasteiger partial charge on any atom is 0.254 e. The average molecular weight is 517 g/mol. The molecule has 2 N–H and O–H groups in total. The Balaban J connectivity index is 1.41. The summed E-state index contributed by atoms with van der Waals surface area (Å²) in [5, 5.41) is 0. The fourth-order valence-corrected chi connectivity index (χ4v) is 6.71. The van der Waals surface area contributed by atoms with E-state index in [-0.39, 0.29) is 23.7 Å². The normalized spacial score (nSPS) is 27.1. The van der Waals surface area contributed by atoms with Gasteiger partial charge in [0.25, 0.3) is 11.7 Å². The molecule has 0 saturated heterocycles. The minimum absolute atomic E-state index is 0.0837. The smallest absolute Gasteiger partial charge is 0.254 e. The molecule has 200 valence electrons. The summed E-state index contributed by atoms with van der Waals surface area (Å²) in [6.07, 6.45) is 8.50. The monoisotopic (exact) mass is 516 g/mol. The summed E-state index contributed by atoms with van der Waals surface area (Å²) < 4.78 is 19.2. The number of carbonyl (C=O) groups excluding carboxylic acids is 2. The lowest BCUT2D eigenvalue weighted by molar-refractivity contribution is -0.120. The molecule has 1 aromatic carbocycles. The minimum Gasteiger partial charge on any atom is -0.464 e. The van der Waals surface area contributed by atoms with E-state index in [2.05, 4.69) is 6.08 Å². The Hall–Kier alpha value is -3.32. The van der Waals surface area contributed by atoms with Crippen molar-refractivity contribution >= 4 is 11.7 Å². The van der Waals surface area contributed by atoms with E-state index in [1.807, 2.05) is 39.8 Å². The molecule has 0 spiro atoms. The molecule has 2 aromatic rings. The highest BCUT2D eigenvalue weighted by molar-refractivity contribution is 6.04. The number of nitrogens with zero attached hydrogens (tertiary/aromatic N) is 1. The molecule has 0 bridgehead atoms. The fraction of sp³-hybridized carbons (Fsp3) is 0.484. The molecule has 1 amide bonds. The minimum atomic E-state index is -0.831. The van der Waals surface area contributed by atoms with Crippen molar-refractivity contribution in [3.05, 3.63) is 57.9 Å². The van der Waals surface area contributed by atoms with Gasteiger partial charge in [-0.05, 0) is 76.1 Å². The molecule has 1 fully saturated rings. The van der Waals surface area contributed by atoms with Crippen LogP contribution in [0.2, 0.25) is 0 Å². The van der Waals surface area contributed by atoms with Crippen LogP contribution in [0, 0.1) is 12.8 Å². The molecule has 2 aliphatic carbocycles. The van der Waals surface area contributed by atoms with Crippen molar-refractivity contribution in [2.24, 2.45) is 11.7 Å². The SMILES string of the molecule is CC1=CC(C)=C(CN2CCc3c(c(C)c4c(c3-c3ccco3)O[C@](C)(C3CCC(N)CC3)O4)C2=O)C(=O)C1. The zero-order valence-electron chi connectivity index (χ0n) is 22.7. The number of nitrogens with two attached hydrogens (primary N) is 1. The van der Waals surface area contributed by atoms with Gasteiger partial charge in [0.2, 0.25) is 0 Å². The van der Waals surface area contributed by atoms with Crippen molar-refractivity contribution in [2.75, 3.05) is 13.1 Å². The second kappa shape index (κ2) is 9.16. The number of fused-ring (bicyclic) bond motifs is 2. The van der Waals surface area contributed by atoms with E-state index in [1.54, 1.807) is 11.2 Å². The highest BCUT2D eigenvalue weighted by Gasteiger charge is 2.49. The second-order valence-corrected chi connectivity index (χ2v) is 11.5. The molecule has 38 heavy (non-hydrogen) atoms. The molecule has 7 nitrogen and oxygen atoms in total. The molecule has 6 rings (SSSR count). The third kappa shape index (κ3) is 3.99. The molecule has 2 aliphatic heterocycles. The van der Waals surface area contributed by atoms with Crippen molar-refractivity contribution in [1.82, 2.24) is 4.90 Å². The number of hydrogen-bond donors (Lipinski definition) is 1. The van der Waals surface area contributed by atoms with Crippen LogP contribution in [0.15, 0.2) is 45.6 Å². The van der Waals surface area contributed by atoms with Crippen LogP contribution < -0.4 is 15.2 Å². The molecule has 1 saturated carbocycles. The third-order valence-electron chi connectivity index (χ3n) is 8.84. The van der Waals surface area contributed by atoms with E-state index in [0.29, 0.717) is 48.8 Å². The van der Waals surface area contributed by atoms with Gasteiger partial charge in [0.15, 0.2) is 17.3 Å². The third-order valence-corrected chi connectivity index (χ3v) is 8.84. The number of ketones is 1. The van der Waals surface area contributed by atoms with Gasteiger partial charge >= 0.3 is 0 Å². The summed E-state index contributed by atoms with van der Waals surface area (Å²) in [4.78, 5) is 28.7. The topological polar surface area (TPSA) is 95.0 Å². The summed E-state index contributed by atoms with van der Waals surface area (Å²) in [7, 11) is 0.